The molecule has 0 atom stereocenters. The summed E-state index contributed by atoms with van der Waals surface area (Å²) in [6.45, 7) is 0.201. The molecular formula is C12H9ClN2O3. The van der Waals surface area contributed by atoms with Gasteiger partial charge in [0.2, 0.25) is 0 Å². The van der Waals surface area contributed by atoms with E-state index in [1.54, 1.807) is 36.5 Å². The smallest absolute Gasteiger partial charge is 0.310 e. The molecule has 0 bridgehead atoms. The van der Waals surface area contributed by atoms with E-state index in [1.807, 2.05) is 0 Å². The number of hydrogen-bond acceptors (Lipinski definition) is 4. The normalized spacial score (nSPS) is 10.1. The van der Waals surface area contributed by atoms with Gasteiger partial charge >= 0.3 is 5.69 Å². The second kappa shape index (κ2) is 5.46. The monoisotopic (exact) mass is 264 g/mol. The molecule has 0 N–H and O–H groups in total. The lowest BCUT2D eigenvalue weighted by atomic mass is 10.3. The molecule has 1 aromatic heterocycles. The molecule has 0 aliphatic rings. The Morgan fingerprint density at radius 3 is 2.83 bits per heavy atom. The minimum atomic E-state index is -0.477. The van der Waals surface area contributed by atoms with Crippen LogP contribution < -0.4 is 4.74 Å². The molecule has 0 aliphatic carbocycles. The van der Waals surface area contributed by atoms with Crippen molar-refractivity contribution in [1.82, 2.24) is 4.98 Å². The number of rotatable bonds is 4. The highest BCUT2D eigenvalue weighted by Crippen LogP contribution is 2.26. The van der Waals surface area contributed by atoms with E-state index in [0.717, 1.165) is 5.56 Å². The van der Waals surface area contributed by atoms with Gasteiger partial charge in [0.1, 0.15) is 11.8 Å². The van der Waals surface area contributed by atoms with E-state index in [2.05, 4.69) is 4.98 Å². The first-order chi connectivity index (χ1) is 8.66. The van der Waals surface area contributed by atoms with Gasteiger partial charge in [-0.3, -0.25) is 10.1 Å². The van der Waals surface area contributed by atoms with Crippen molar-refractivity contribution in [2.45, 2.75) is 6.61 Å². The van der Waals surface area contributed by atoms with Gasteiger partial charge in [-0.15, -0.1) is 0 Å². The largest absolute Gasteiger partial charge is 0.482 e. The summed E-state index contributed by atoms with van der Waals surface area (Å²) in [4.78, 5) is 14.1. The van der Waals surface area contributed by atoms with Crippen LogP contribution in [-0.2, 0) is 6.61 Å². The average Bonchev–Trinajstić information content (AvgIpc) is 2.37. The van der Waals surface area contributed by atoms with Gasteiger partial charge in [-0.2, -0.15) is 0 Å². The lowest BCUT2D eigenvalue weighted by molar-refractivity contribution is -0.385. The predicted molar refractivity (Wildman–Crippen MR) is 66.7 cm³/mol. The lowest BCUT2D eigenvalue weighted by Crippen LogP contribution is -1.99. The van der Waals surface area contributed by atoms with E-state index in [9.17, 15) is 10.1 Å². The number of nitrogens with zero attached hydrogens (tertiary/aromatic N) is 2. The van der Waals surface area contributed by atoms with Gasteiger partial charge < -0.3 is 4.74 Å². The highest BCUT2D eigenvalue weighted by molar-refractivity contribution is 6.29. The van der Waals surface area contributed by atoms with Crippen LogP contribution in [0.5, 0.6) is 5.75 Å². The molecule has 1 heterocycles. The van der Waals surface area contributed by atoms with E-state index in [-0.39, 0.29) is 18.0 Å². The van der Waals surface area contributed by atoms with Crippen LogP contribution in [0, 0.1) is 10.1 Å². The first-order valence-corrected chi connectivity index (χ1v) is 5.51. The quantitative estimate of drug-likeness (QED) is 0.483. The van der Waals surface area contributed by atoms with Crippen molar-refractivity contribution < 1.29 is 9.66 Å². The van der Waals surface area contributed by atoms with Crippen molar-refractivity contribution in [2.24, 2.45) is 0 Å². The lowest BCUT2D eigenvalue weighted by Gasteiger charge is -2.06. The molecule has 18 heavy (non-hydrogen) atoms. The van der Waals surface area contributed by atoms with Crippen LogP contribution in [0.15, 0.2) is 42.6 Å². The summed E-state index contributed by atoms with van der Waals surface area (Å²) < 4.78 is 5.41. The summed E-state index contributed by atoms with van der Waals surface area (Å²) in [7, 11) is 0. The van der Waals surface area contributed by atoms with Gasteiger partial charge in [0.05, 0.1) is 4.92 Å². The van der Waals surface area contributed by atoms with E-state index >= 15 is 0 Å². The molecule has 2 rings (SSSR count). The molecule has 0 spiro atoms. The number of nitro groups is 1. The summed E-state index contributed by atoms with van der Waals surface area (Å²) in [6, 6.07) is 9.61. The maximum Gasteiger partial charge on any atom is 0.310 e. The zero-order valence-electron chi connectivity index (χ0n) is 9.25. The highest BCUT2D eigenvalue weighted by atomic mass is 35.5. The molecule has 0 radical (unpaired) electrons. The first kappa shape index (κ1) is 12.3. The van der Waals surface area contributed by atoms with E-state index in [1.165, 1.54) is 6.07 Å². The third-order valence-electron chi connectivity index (χ3n) is 2.25. The number of aromatic nitrogens is 1. The Bertz CT molecular complexity index is 575. The van der Waals surface area contributed by atoms with E-state index < -0.39 is 4.92 Å². The number of pyridine rings is 1. The standard InChI is InChI=1S/C12H9ClN2O3/c13-12-7-9(5-6-14-12)8-18-11-4-2-1-3-10(11)15(16)17/h1-7H,8H2. The molecule has 0 amide bonds. The van der Waals surface area contributed by atoms with Gasteiger partial charge in [-0.05, 0) is 23.8 Å². The molecule has 0 unspecified atom stereocenters. The van der Waals surface area contributed by atoms with Crippen LogP contribution >= 0.6 is 11.6 Å². The van der Waals surface area contributed by atoms with Crippen LogP contribution in [0.25, 0.3) is 0 Å². The maximum absolute atomic E-state index is 10.8. The Labute approximate surface area is 108 Å². The third-order valence-corrected chi connectivity index (χ3v) is 2.45. The average molecular weight is 265 g/mol. The van der Waals surface area contributed by atoms with Crippen LogP contribution in [-0.4, -0.2) is 9.91 Å². The number of para-hydroxylation sites is 2. The number of halogens is 1. The maximum atomic E-state index is 10.8. The molecule has 0 saturated carbocycles. The number of ether oxygens (including phenoxy) is 1. The zero-order chi connectivity index (χ0) is 13.0. The summed E-state index contributed by atoms with van der Waals surface area (Å²) in [5, 5.41) is 11.1. The molecule has 0 fully saturated rings. The molecule has 2 aromatic rings. The first-order valence-electron chi connectivity index (χ1n) is 5.13. The predicted octanol–water partition coefficient (Wildman–Crippen LogP) is 3.22. The zero-order valence-corrected chi connectivity index (χ0v) is 10.0. The van der Waals surface area contributed by atoms with Gasteiger partial charge in [0.15, 0.2) is 5.75 Å². The van der Waals surface area contributed by atoms with Crippen molar-refractivity contribution in [2.75, 3.05) is 0 Å². The minimum Gasteiger partial charge on any atom is -0.482 e. The number of benzene rings is 1. The fraction of sp³-hybridized carbons (Fsp3) is 0.0833. The summed E-state index contributed by atoms with van der Waals surface area (Å²) in [5.74, 6) is 0.232. The molecule has 1 aromatic carbocycles. The molecule has 0 aliphatic heterocycles. The van der Waals surface area contributed by atoms with Crippen LogP contribution in [0.1, 0.15) is 5.56 Å². The van der Waals surface area contributed by atoms with Gasteiger partial charge in [-0.1, -0.05) is 23.7 Å². The summed E-state index contributed by atoms with van der Waals surface area (Å²) in [6.07, 6.45) is 1.56. The van der Waals surface area contributed by atoms with Crippen molar-refractivity contribution >= 4 is 17.3 Å². The second-order valence-electron chi connectivity index (χ2n) is 3.50. The molecule has 92 valence electrons. The second-order valence-corrected chi connectivity index (χ2v) is 3.89. The number of nitro benzene ring substituents is 1. The van der Waals surface area contributed by atoms with Crippen molar-refractivity contribution in [3.05, 3.63) is 63.4 Å². The summed E-state index contributed by atoms with van der Waals surface area (Å²) >= 11 is 5.73. The topological polar surface area (TPSA) is 65.3 Å². The Hall–Kier alpha value is -2.14. The SMILES string of the molecule is O=[N+]([O-])c1ccccc1OCc1ccnc(Cl)c1. The third kappa shape index (κ3) is 2.95. The van der Waals surface area contributed by atoms with Gasteiger partial charge in [0.25, 0.3) is 0 Å². The fourth-order valence-corrected chi connectivity index (χ4v) is 1.62. The van der Waals surface area contributed by atoms with E-state index in [4.69, 9.17) is 16.3 Å². The van der Waals surface area contributed by atoms with Crippen LogP contribution in [0.4, 0.5) is 5.69 Å². The molecular weight excluding hydrogens is 256 g/mol. The van der Waals surface area contributed by atoms with Gasteiger partial charge in [0, 0.05) is 12.3 Å². The Morgan fingerprint density at radius 1 is 1.33 bits per heavy atom. The van der Waals surface area contributed by atoms with Crippen molar-refractivity contribution in [3.8, 4) is 5.75 Å². The molecule has 5 nitrogen and oxygen atoms in total. The molecule has 0 saturated heterocycles. The molecule has 6 heteroatoms. The Kier molecular flexibility index (Phi) is 3.74. The fourth-order valence-electron chi connectivity index (χ4n) is 1.42. The Morgan fingerprint density at radius 2 is 2.11 bits per heavy atom. The van der Waals surface area contributed by atoms with Crippen molar-refractivity contribution in [1.29, 1.82) is 0 Å². The number of hydrogen-bond donors (Lipinski definition) is 0. The van der Waals surface area contributed by atoms with Crippen molar-refractivity contribution in [3.63, 3.8) is 0 Å². The summed E-state index contributed by atoms with van der Waals surface area (Å²) in [5.41, 5.74) is 0.741. The van der Waals surface area contributed by atoms with Gasteiger partial charge in [-0.25, -0.2) is 4.98 Å². The highest BCUT2D eigenvalue weighted by Gasteiger charge is 2.13. The minimum absolute atomic E-state index is 0.0577. The Balaban J connectivity index is 2.13. The van der Waals surface area contributed by atoms with E-state index in [0.29, 0.717) is 5.15 Å². The van der Waals surface area contributed by atoms with Crippen LogP contribution in [0.3, 0.4) is 0 Å². The van der Waals surface area contributed by atoms with Crippen LogP contribution in [0.2, 0.25) is 5.15 Å².